The topological polar surface area (TPSA) is 110 Å². The van der Waals surface area contributed by atoms with Crippen LogP contribution in [0.3, 0.4) is 0 Å². The van der Waals surface area contributed by atoms with Crippen LogP contribution in [0.4, 0.5) is 17.3 Å². The molecule has 2 N–H and O–H groups in total. The van der Waals surface area contributed by atoms with Gasteiger partial charge in [0.1, 0.15) is 12.2 Å². The van der Waals surface area contributed by atoms with E-state index in [0.717, 1.165) is 49.5 Å². The van der Waals surface area contributed by atoms with Crippen molar-refractivity contribution in [3.63, 3.8) is 0 Å². The number of likely N-dealkylation sites (N-methyl/N-ethyl adjacent to an activating group) is 1. The number of piperazine rings is 1. The molecule has 1 fully saturated rings. The van der Waals surface area contributed by atoms with E-state index in [4.69, 9.17) is 18.9 Å². The zero-order valence-corrected chi connectivity index (χ0v) is 26.4. The van der Waals surface area contributed by atoms with Gasteiger partial charge in [-0.05, 0) is 56.3 Å². The lowest BCUT2D eigenvalue weighted by Gasteiger charge is -2.32. The van der Waals surface area contributed by atoms with Crippen molar-refractivity contribution in [1.29, 1.82) is 0 Å². The summed E-state index contributed by atoms with van der Waals surface area (Å²) < 4.78 is 23.3. The monoisotopic (exact) mass is 612 g/mol. The van der Waals surface area contributed by atoms with E-state index in [0.29, 0.717) is 35.3 Å². The Labute approximate surface area is 264 Å². The number of hydrogen-bond donors (Lipinski definition) is 2. The summed E-state index contributed by atoms with van der Waals surface area (Å²) >= 11 is 0. The normalized spacial score (nSPS) is 13.6. The van der Waals surface area contributed by atoms with Gasteiger partial charge in [-0.1, -0.05) is 30.3 Å². The Kier molecular flexibility index (Phi) is 10.3. The molecule has 0 radical (unpaired) electrons. The Bertz CT molecular complexity index is 1600. The molecule has 45 heavy (non-hydrogen) atoms. The average Bonchev–Trinajstić information content (AvgIpc) is 3.04. The number of rotatable bonds is 12. The third-order valence-corrected chi connectivity index (χ3v) is 7.67. The maximum Gasteiger partial charge on any atom is 0.262 e. The third-order valence-electron chi connectivity index (χ3n) is 7.67. The molecule has 3 aromatic carbocycles. The van der Waals surface area contributed by atoms with Gasteiger partial charge in [0.15, 0.2) is 23.0 Å². The molecule has 1 aliphatic heterocycles. The fourth-order valence-electron chi connectivity index (χ4n) is 5.01. The van der Waals surface area contributed by atoms with Crippen molar-refractivity contribution in [3.8, 4) is 28.9 Å². The number of hydrogen-bond acceptors (Lipinski definition) is 10. The molecule has 236 valence electrons. The van der Waals surface area contributed by atoms with Crippen molar-refractivity contribution in [1.82, 2.24) is 19.8 Å². The Hall–Kier alpha value is -4.87. The molecule has 0 bridgehead atoms. The van der Waals surface area contributed by atoms with Crippen LogP contribution in [0.5, 0.6) is 28.9 Å². The maximum absolute atomic E-state index is 13.5. The molecular formula is C34H40N6O5. The number of carbonyl (C=O) groups is 1. The fourth-order valence-corrected chi connectivity index (χ4v) is 5.01. The number of nitrogens with zero attached hydrogens (tertiary/aromatic N) is 4. The lowest BCUT2D eigenvalue weighted by molar-refractivity contribution is 0.102. The first-order chi connectivity index (χ1) is 21.8. The van der Waals surface area contributed by atoms with E-state index in [-0.39, 0.29) is 17.4 Å². The Morgan fingerprint density at radius 2 is 1.58 bits per heavy atom. The van der Waals surface area contributed by atoms with E-state index in [9.17, 15) is 4.79 Å². The maximum atomic E-state index is 13.5. The summed E-state index contributed by atoms with van der Waals surface area (Å²) in [5.41, 5.74) is 3.45. The smallest absolute Gasteiger partial charge is 0.262 e. The van der Waals surface area contributed by atoms with Crippen molar-refractivity contribution >= 4 is 23.2 Å². The van der Waals surface area contributed by atoms with Gasteiger partial charge in [0.05, 0.1) is 14.2 Å². The van der Waals surface area contributed by atoms with Gasteiger partial charge in [0.2, 0.25) is 11.8 Å². The summed E-state index contributed by atoms with van der Waals surface area (Å²) in [5.74, 6) is 2.03. The lowest BCUT2D eigenvalue weighted by Crippen LogP contribution is -2.45. The Morgan fingerprint density at radius 1 is 0.867 bits per heavy atom. The van der Waals surface area contributed by atoms with Gasteiger partial charge in [0, 0.05) is 56.4 Å². The first-order valence-corrected chi connectivity index (χ1v) is 14.9. The molecule has 1 aromatic heterocycles. The molecule has 11 nitrogen and oxygen atoms in total. The van der Waals surface area contributed by atoms with Crippen molar-refractivity contribution in [2.24, 2.45) is 0 Å². The summed E-state index contributed by atoms with van der Waals surface area (Å²) in [7, 11) is 5.30. The Morgan fingerprint density at radius 3 is 2.29 bits per heavy atom. The minimum Gasteiger partial charge on any atom is -0.493 e. The molecule has 4 aromatic rings. The molecule has 0 spiro atoms. The number of carbonyl (C=O) groups excluding carboxylic acids is 1. The van der Waals surface area contributed by atoms with Crippen LogP contribution in [-0.2, 0) is 0 Å². The van der Waals surface area contributed by atoms with Crippen LogP contribution in [0.1, 0.15) is 21.5 Å². The summed E-state index contributed by atoms with van der Waals surface area (Å²) in [5, 5.41) is 6.19. The number of benzene rings is 3. The first-order valence-electron chi connectivity index (χ1n) is 14.9. The third kappa shape index (κ3) is 8.00. The predicted octanol–water partition coefficient (Wildman–Crippen LogP) is 5.53. The van der Waals surface area contributed by atoms with Crippen molar-refractivity contribution in [2.45, 2.75) is 13.8 Å². The largest absolute Gasteiger partial charge is 0.493 e. The van der Waals surface area contributed by atoms with Crippen LogP contribution in [0.25, 0.3) is 0 Å². The number of methoxy groups -OCH3 is 2. The number of anilines is 3. The van der Waals surface area contributed by atoms with Gasteiger partial charge < -0.3 is 34.5 Å². The van der Waals surface area contributed by atoms with Gasteiger partial charge in [-0.3, -0.25) is 9.69 Å². The van der Waals surface area contributed by atoms with Crippen molar-refractivity contribution < 1.29 is 23.7 Å². The number of aromatic nitrogens is 2. The summed E-state index contributed by atoms with van der Waals surface area (Å²) in [6, 6.07) is 18.5. The summed E-state index contributed by atoms with van der Waals surface area (Å²) in [6.45, 7) is 9.50. The highest BCUT2D eigenvalue weighted by Gasteiger charge is 2.21. The van der Waals surface area contributed by atoms with Crippen LogP contribution in [0, 0.1) is 13.8 Å². The summed E-state index contributed by atoms with van der Waals surface area (Å²) in [6.07, 6.45) is 1.44. The average molecular weight is 613 g/mol. The molecule has 1 aliphatic rings. The van der Waals surface area contributed by atoms with E-state index < -0.39 is 5.91 Å². The van der Waals surface area contributed by atoms with Crippen LogP contribution < -0.4 is 29.6 Å². The molecule has 1 amide bonds. The van der Waals surface area contributed by atoms with Gasteiger partial charge in [-0.15, -0.1) is 0 Å². The van der Waals surface area contributed by atoms with Gasteiger partial charge in [-0.25, -0.2) is 4.98 Å². The standard InChI is InChI=1S/C34H40N6O5/c1-23-9-8-10-24(2)31(23)37-32(41)26-22-35-34(38-33(26)45-29-12-7-6-11-27(29)42-4)36-25-13-14-28(30(21-25)43-5)44-20-19-40-17-15-39(3)16-18-40/h6-14,21-22H,15-20H2,1-5H3,(H,37,41)(H,35,36,38). The second-order valence-corrected chi connectivity index (χ2v) is 10.9. The molecule has 2 heterocycles. The number of para-hydroxylation sites is 3. The zero-order valence-electron chi connectivity index (χ0n) is 26.4. The van der Waals surface area contributed by atoms with E-state index >= 15 is 0 Å². The van der Waals surface area contributed by atoms with E-state index in [1.807, 2.05) is 62.4 Å². The van der Waals surface area contributed by atoms with Crippen molar-refractivity contribution in [3.05, 3.63) is 83.6 Å². The van der Waals surface area contributed by atoms with Gasteiger partial charge in [-0.2, -0.15) is 4.98 Å². The molecule has 5 rings (SSSR count). The predicted molar refractivity (Wildman–Crippen MR) is 175 cm³/mol. The fraction of sp³-hybridized carbons (Fsp3) is 0.324. The molecule has 0 atom stereocenters. The first kappa shape index (κ1) is 31.6. The van der Waals surface area contributed by atoms with E-state index in [1.54, 1.807) is 26.4 Å². The highest BCUT2D eigenvalue weighted by molar-refractivity contribution is 6.06. The number of aryl methyl sites for hydroxylation is 2. The molecule has 0 aliphatic carbocycles. The highest BCUT2D eigenvalue weighted by atomic mass is 16.5. The van der Waals surface area contributed by atoms with Crippen molar-refractivity contribution in [2.75, 3.05) is 71.2 Å². The van der Waals surface area contributed by atoms with Crippen LogP contribution in [-0.4, -0.2) is 86.3 Å². The Balaban J connectivity index is 1.35. The minimum atomic E-state index is -0.399. The molecule has 0 saturated carbocycles. The van der Waals surface area contributed by atoms with Gasteiger partial charge in [0.25, 0.3) is 5.91 Å². The van der Waals surface area contributed by atoms with Gasteiger partial charge >= 0.3 is 0 Å². The second-order valence-electron chi connectivity index (χ2n) is 10.9. The number of amides is 1. The SMILES string of the molecule is COc1cc(Nc2ncc(C(=O)Nc3c(C)cccc3C)c(Oc3ccccc3OC)n2)ccc1OCCN1CCN(C)CC1. The second kappa shape index (κ2) is 14.7. The highest BCUT2D eigenvalue weighted by Crippen LogP contribution is 2.34. The van der Waals surface area contributed by atoms with E-state index in [2.05, 4.69) is 37.4 Å². The molecule has 1 saturated heterocycles. The lowest BCUT2D eigenvalue weighted by atomic mass is 10.1. The molecule has 11 heteroatoms. The van der Waals surface area contributed by atoms with Crippen LogP contribution in [0.15, 0.2) is 66.9 Å². The quantitative estimate of drug-likeness (QED) is 0.212. The summed E-state index contributed by atoms with van der Waals surface area (Å²) in [4.78, 5) is 27.3. The van der Waals surface area contributed by atoms with E-state index in [1.165, 1.54) is 6.20 Å². The zero-order chi connectivity index (χ0) is 31.8. The molecular weight excluding hydrogens is 572 g/mol. The van der Waals surface area contributed by atoms with Crippen LogP contribution >= 0.6 is 0 Å². The minimum absolute atomic E-state index is 0.0663. The number of ether oxygens (including phenoxy) is 4. The van der Waals surface area contributed by atoms with Crippen LogP contribution in [0.2, 0.25) is 0 Å². The number of nitrogens with one attached hydrogen (secondary N) is 2. The molecule has 0 unspecified atom stereocenters.